The van der Waals surface area contributed by atoms with Gasteiger partial charge in [-0.3, -0.25) is 9.59 Å². The normalized spacial score (nSPS) is 28.5. The van der Waals surface area contributed by atoms with E-state index in [4.69, 9.17) is 0 Å². The van der Waals surface area contributed by atoms with Crippen molar-refractivity contribution in [3.63, 3.8) is 0 Å². The number of carbonyl (C=O) groups excluding carboxylic acids is 2. The molecule has 0 aromatic carbocycles. The Balaban J connectivity index is 1.47. The zero-order chi connectivity index (χ0) is 17.2. The van der Waals surface area contributed by atoms with Gasteiger partial charge in [0.15, 0.2) is 0 Å². The summed E-state index contributed by atoms with van der Waals surface area (Å²) in [5, 5.41) is 2.87. The van der Waals surface area contributed by atoms with Gasteiger partial charge < -0.3 is 10.2 Å². The molecule has 0 saturated carbocycles. The van der Waals surface area contributed by atoms with Crippen LogP contribution in [0.25, 0.3) is 0 Å². The van der Waals surface area contributed by atoms with Crippen LogP contribution in [-0.4, -0.2) is 67.9 Å². The maximum absolute atomic E-state index is 12.4. The van der Waals surface area contributed by atoms with Crippen molar-refractivity contribution in [3.8, 4) is 0 Å². The molecule has 8 heteroatoms. The molecule has 0 radical (unpaired) electrons. The fourth-order valence-electron chi connectivity index (χ4n) is 4.12. The second-order valence-electron chi connectivity index (χ2n) is 7.40. The summed E-state index contributed by atoms with van der Waals surface area (Å²) >= 11 is 0. The first-order chi connectivity index (χ1) is 11.4. The molecule has 1 unspecified atom stereocenters. The monoisotopic (exact) mass is 357 g/mol. The molecule has 3 heterocycles. The number of amides is 2. The van der Waals surface area contributed by atoms with E-state index in [0.717, 1.165) is 25.7 Å². The van der Waals surface area contributed by atoms with Crippen LogP contribution >= 0.6 is 0 Å². The molecule has 1 spiro atoms. The van der Waals surface area contributed by atoms with Gasteiger partial charge in [-0.25, -0.2) is 12.7 Å². The Morgan fingerprint density at radius 3 is 2.58 bits per heavy atom. The predicted molar refractivity (Wildman–Crippen MR) is 89.7 cm³/mol. The highest BCUT2D eigenvalue weighted by atomic mass is 32.2. The first-order valence-corrected chi connectivity index (χ1v) is 10.5. The quantitative estimate of drug-likeness (QED) is 0.768. The molecule has 0 bridgehead atoms. The zero-order valence-electron chi connectivity index (χ0n) is 14.1. The van der Waals surface area contributed by atoms with Gasteiger partial charge in [0.2, 0.25) is 21.8 Å². The van der Waals surface area contributed by atoms with Crippen LogP contribution in [0.5, 0.6) is 0 Å². The number of carbonyl (C=O) groups is 2. The largest absolute Gasteiger partial charge is 0.355 e. The van der Waals surface area contributed by atoms with Crippen molar-refractivity contribution in [1.82, 2.24) is 14.5 Å². The third-order valence-electron chi connectivity index (χ3n) is 5.46. The molecule has 0 aromatic rings. The fourth-order valence-corrected chi connectivity index (χ4v) is 5.70. The lowest BCUT2D eigenvalue weighted by atomic mass is 9.79. The van der Waals surface area contributed by atoms with E-state index < -0.39 is 10.0 Å². The van der Waals surface area contributed by atoms with E-state index in [9.17, 15) is 18.0 Å². The maximum atomic E-state index is 12.4. The van der Waals surface area contributed by atoms with Gasteiger partial charge >= 0.3 is 0 Å². The first-order valence-electron chi connectivity index (χ1n) is 8.93. The third-order valence-corrected chi connectivity index (χ3v) is 7.42. The third kappa shape index (κ3) is 3.91. The predicted octanol–water partition coefficient (Wildman–Crippen LogP) is 0.321. The summed E-state index contributed by atoms with van der Waals surface area (Å²) in [7, 11) is -3.21. The minimum Gasteiger partial charge on any atom is -0.355 e. The summed E-state index contributed by atoms with van der Waals surface area (Å²) in [5.41, 5.74) is -0.105. The number of hydrogen-bond donors (Lipinski definition) is 1. The van der Waals surface area contributed by atoms with Gasteiger partial charge in [0, 0.05) is 51.0 Å². The molecular weight excluding hydrogens is 330 g/mol. The van der Waals surface area contributed by atoms with E-state index in [0.29, 0.717) is 45.6 Å². The molecule has 3 saturated heterocycles. The Hall–Kier alpha value is -1.15. The Bertz CT molecular complexity index is 600. The topological polar surface area (TPSA) is 86.8 Å². The van der Waals surface area contributed by atoms with E-state index in [2.05, 4.69) is 5.32 Å². The lowest BCUT2D eigenvalue weighted by molar-refractivity contribution is -0.135. The second kappa shape index (κ2) is 7.00. The number of nitrogens with zero attached hydrogens (tertiary/aromatic N) is 2. The molecule has 3 aliphatic heterocycles. The molecule has 1 atom stereocenters. The van der Waals surface area contributed by atoms with Gasteiger partial charge in [-0.1, -0.05) is 0 Å². The number of rotatable bonds is 5. The molecular formula is C16H27N3O4S. The van der Waals surface area contributed by atoms with Crippen molar-refractivity contribution in [2.24, 2.45) is 5.41 Å². The summed E-state index contributed by atoms with van der Waals surface area (Å²) in [4.78, 5) is 25.8. The Kier molecular flexibility index (Phi) is 5.15. The Morgan fingerprint density at radius 1 is 1.17 bits per heavy atom. The van der Waals surface area contributed by atoms with Crippen molar-refractivity contribution >= 4 is 21.8 Å². The molecule has 0 aliphatic carbocycles. The molecule has 1 N–H and O–H groups in total. The zero-order valence-corrected chi connectivity index (χ0v) is 14.9. The number of hydrogen-bond acceptors (Lipinski definition) is 4. The van der Waals surface area contributed by atoms with Crippen molar-refractivity contribution in [2.45, 2.75) is 44.9 Å². The van der Waals surface area contributed by atoms with E-state index in [1.54, 1.807) is 4.31 Å². The van der Waals surface area contributed by atoms with Crippen LogP contribution in [0.15, 0.2) is 0 Å². The lowest BCUT2D eigenvalue weighted by Crippen LogP contribution is -2.47. The van der Waals surface area contributed by atoms with Crippen LogP contribution in [0.2, 0.25) is 0 Å². The van der Waals surface area contributed by atoms with Crippen LogP contribution in [0.4, 0.5) is 0 Å². The van der Waals surface area contributed by atoms with E-state index in [-0.39, 0.29) is 29.4 Å². The van der Waals surface area contributed by atoms with E-state index in [1.807, 2.05) is 4.90 Å². The van der Waals surface area contributed by atoms with Gasteiger partial charge in [-0.15, -0.1) is 0 Å². The van der Waals surface area contributed by atoms with E-state index in [1.165, 1.54) is 0 Å². The fraction of sp³-hybridized carbons (Fsp3) is 0.875. The minimum atomic E-state index is -3.21. The molecule has 7 nitrogen and oxygen atoms in total. The Morgan fingerprint density at radius 2 is 1.92 bits per heavy atom. The molecule has 3 rings (SSSR count). The Labute approximate surface area is 143 Å². The van der Waals surface area contributed by atoms with Gasteiger partial charge in [0.25, 0.3) is 0 Å². The second-order valence-corrected chi connectivity index (χ2v) is 9.49. The van der Waals surface area contributed by atoms with E-state index >= 15 is 0 Å². The lowest BCUT2D eigenvalue weighted by Gasteiger charge is -2.39. The summed E-state index contributed by atoms with van der Waals surface area (Å²) < 4.78 is 25.9. The van der Waals surface area contributed by atoms with Gasteiger partial charge in [-0.05, 0) is 32.1 Å². The van der Waals surface area contributed by atoms with Crippen LogP contribution in [-0.2, 0) is 19.6 Å². The van der Waals surface area contributed by atoms with Crippen molar-refractivity contribution in [1.29, 1.82) is 0 Å². The van der Waals surface area contributed by atoms with Crippen molar-refractivity contribution in [2.75, 3.05) is 38.5 Å². The van der Waals surface area contributed by atoms with Gasteiger partial charge in [0.1, 0.15) is 0 Å². The van der Waals surface area contributed by atoms with Crippen molar-refractivity contribution in [3.05, 3.63) is 0 Å². The van der Waals surface area contributed by atoms with Crippen LogP contribution in [0.1, 0.15) is 44.9 Å². The van der Waals surface area contributed by atoms with Gasteiger partial charge in [-0.2, -0.15) is 0 Å². The summed E-state index contributed by atoms with van der Waals surface area (Å²) in [6, 6.07) is 0. The average molecular weight is 357 g/mol. The maximum Gasteiger partial charge on any atom is 0.222 e. The number of sulfonamides is 1. The van der Waals surface area contributed by atoms with Crippen LogP contribution < -0.4 is 5.32 Å². The molecule has 136 valence electrons. The minimum absolute atomic E-state index is 0.0186. The SMILES string of the molecule is O=C1CC2(CCCN(C(=O)CCCS(=O)(=O)N3CCCC3)C2)CN1. The summed E-state index contributed by atoms with van der Waals surface area (Å²) in [6.07, 6.45) is 4.89. The molecule has 3 aliphatic rings. The standard InChI is InChI=1S/C16H27N3O4S/c20-14-11-16(12-17-14)6-4-7-18(13-16)15(21)5-3-10-24(22,23)19-8-1-2-9-19/h1-13H2,(H,17,20). The number of likely N-dealkylation sites (tertiary alicyclic amines) is 1. The van der Waals surface area contributed by atoms with Crippen LogP contribution in [0, 0.1) is 5.41 Å². The highest BCUT2D eigenvalue weighted by molar-refractivity contribution is 7.89. The van der Waals surface area contributed by atoms with Crippen LogP contribution in [0.3, 0.4) is 0 Å². The molecule has 0 aromatic heterocycles. The highest BCUT2D eigenvalue weighted by Gasteiger charge is 2.42. The average Bonchev–Trinajstić information content (AvgIpc) is 3.18. The smallest absolute Gasteiger partial charge is 0.222 e. The highest BCUT2D eigenvalue weighted by Crippen LogP contribution is 2.36. The summed E-state index contributed by atoms with van der Waals surface area (Å²) in [6.45, 7) is 3.22. The number of piperidine rings is 1. The van der Waals surface area contributed by atoms with Crippen molar-refractivity contribution < 1.29 is 18.0 Å². The summed E-state index contributed by atoms with van der Waals surface area (Å²) in [5.74, 6) is 0.142. The first kappa shape index (κ1) is 17.7. The number of nitrogens with one attached hydrogen (secondary N) is 1. The molecule has 2 amide bonds. The van der Waals surface area contributed by atoms with Gasteiger partial charge in [0.05, 0.1) is 5.75 Å². The molecule has 24 heavy (non-hydrogen) atoms. The molecule has 3 fully saturated rings.